The van der Waals surface area contributed by atoms with E-state index >= 15 is 0 Å². The molecule has 176 valence electrons. The quantitative estimate of drug-likeness (QED) is 0.259. The van der Waals surface area contributed by atoms with Crippen LogP contribution in [0.3, 0.4) is 0 Å². The third-order valence-electron chi connectivity index (χ3n) is 5.66. The van der Waals surface area contributed by atoms with Crippen LogP contribution in [0.2, 0.25) is 5.02 Å². The molecular weight excluding hydrogens is 486 g/mol. The number of furan rings is 1. The van der Waals surface area contributed by atoms with E-state index in [1.54, 1.807) is 25.1 Å². The highest BCUT2D eigenvalue weighted by Crippen LogP contribution is 2.37. The van der Waals surface area contributed by atoms with Gasteiger partial charge in [-0.05, 0) is 42.8 Å². The van der Waals surface area contributed by atoms with Crippen LogP contribution in [-0.4, -0.2) is 14.4 Å². The first-order chi connectivity index (χ1) is 16.8. The van der Waals surface area contributed by atoms with Crippen molar-refractivity contribution in [3.63, 3.8) is 0 Å². The van der Waals surface area contributed by atoms with E-state index in [4.69, 9.17) is 20.8 Å². The lowest BCUT2D eigenvalue weighted by Crippen LogP contribution is -2.13. The van der Waals surface area contributed by atoms with E-state index in [9.17, 15) is 13.2 Å². The summed E-state index contributed by atoms with van der Waals surface area (Å²) < 4.78 is 40.4. The Hall–Kier alpha value is -3.81. The van der Waals surface area contributed by atoms with Gasteiger partial charge in [-0.3, -0.25) is 4.72 Å². The van der Waals surface area contributed by atoms with Crippen molar-refractivity contribution in [2.45, 2.75) is 18.4 Å². The third kappa shape index (κ3) is 4.48. The van der Waals surface area contributed by atoms with Gasteiger partial charge in [0, 0.05) is 21.2 Å². The number of carbonyl (C=O) groups is 1. The summed E-state index contributed by atoms with van der Waals surface area (Å²) in [5.41, 5.74) is 1.92. The minimum atomic E-state index is -3.92. The van der Waals surface area contributed by atoms with Crippen molar-refractivity contribution in [1.82, 2.24) is 0 Å². The van der Waals surface area contributed by atoms with Gasteiger partial charge in [0.25, 0.3) is 10.0 Å². The molecule has 5 aromatic rings. The van der Waals surface area contributed by atoms with E-state index in [1.165, 1.54) is 24.3 Å². The number of fused-ring (bicyclic) bond motifs is 3. The first-order valence-corrected chi connectivity index (χ1v) is 12.6. The molecule has 4 aromatic carbocycles. The molecule has 0 fully saturated rings. The molecule has 0 aliphatic heterocycles. The van der Waals surface area contributed by atoms with Crippen LogP contribution in [-0.2, 0) is 21.4 Å². The lowest BCUT2D eigenvalue weighted by molar-refractivity contribution is 0.0473. The second kappa shape index (κ2) is 9.09. The molecule has 6 nitrogen and oxygen atoms in total. The second-order valence-corrected chi connectivity index (χ2v) is 10.1. The van der Waals surface area contributed by atoms with E-state index < -0.39 is 16.0 Å². The molecule has 0 unspecified atom stereocenters. The summed E-state index contributed by atoms with van der Waals surface area (Å²) >= 11 is 5.91. The average Bonchev–Trinajstić information content (AvgIpc) is 3.19. The summed E-state index contributed by atoms with van der Waals surface area (Å²) in [6.45, 7) is 1.79. The smallest absolute Gasteiger partial charge is 0.342 e. The molecule has 0 saturated carbocycles. The van der Waals surface area contributed by atoms with E-state index in [0.29, 0.717) is 38.2 Å². The Morgan fingerprint density at radius 2 is 1.57 bits per heavy atom. The van der Waals surface area contributed by atoms with Gasteiger partial charge in [0.1, 0.15) is 23.5 Å². The number of ether oxygens (including phenoxy) is 1. The SMILES string of the molecule is Cc1oc2c(cc(NS(=O)(=O)c3ccc(Cl)cc3)c3ccccc32)c1C(=O)OCc1ccccc1. The first-order valence-electron chi connectivity index (χ1n) is 10.8. The van der Waals surface area contributed by atoms with Crippen LogP contribution in [0.5, 0.6) is 0 Å². The maximum atomic E-state index is 13.1. The van der Waals surface area contributed by atoms with Gasteiger partial charge in [-0.15, -0.1) is 0 Å². The van der Waals surface area contributed by atoms with Gasteiger partial charge in [0.05, 0.1) is 10.6 Å². The number of hydrogen-bond acceptors (Lipinski definition) is 5. The zero-order valence-corrected chi connectivity index (χ0v) is 20.2. The Labute approximate surface area is 207 Å². The molecule has 0 aliphatic carbocycles. The van der Waals surface area contributed by atoms with Gasteiger partial charge in [-0.2, -0.15) is 0 Å². The van der Waals surface area contributed by atoms with Crippen LogP contribution in [0.1, 0.15) is 21.7 Å². The Kier molecular flexibility index (Phi) is 5.96. The van der Waals surface area contributed by atoms with Crippen molar-refractivity contribution >= 4 is 55.0 Å². The van der Waals surface area contributed by atoms with Gasteiger partial charge >= 0.3 is 5.97 Å². The fourth-order valence-corrected chi connectivity index (χ4v) is 5.19. The number of esters is 1. The highest BCUT2D eigenvalue weighted by Gasteiger charge is 2.24. The number of hydrogen-bond donors (Lipinski definition) is 1. The van der Waals surface area contributed by atoms with Gasteiger partial charge < -0.3 is 9.15 Å². The molecule has 0 aliphatic rings. The van der Waals surface area contributed by atoms with Crippen molar-refractivity contribution in [2.24, 2.45) is 0 Å². The van der Waals surface area contributed by atoms with Gasteiger partial charge in [-0.1, -0.05) is 66.2 Å². The summed E-state index contributed by atoms with van der Waals surface area (Å²) in [6, 6.07) is 24.1. The standard InChI is InChI=1S/C27H20ClNO5S/c1-17-25(27(30)33-16-18-7-3-2-4-8-18)23-15-24(21-9-5-6-10-22(21)26(23)34-17)29-35(31,32)20-13-11-19(28)12-14-20/h2-15,29H,16H2,1H3. The van der Waals surface area contributed by atoms with Crippen LogP contribution in [0.4, 0.5) is 5.69 Å². The van der Waals surface area contributed by atoms with Gasteiger partial charge in [0.15, 0.2) is 0 Å². The molecule has 0 amide bonds. The van der Waals surface area contributed by atoms with Crippen molar-refractivity contribution < 1.29 is 22.4 Å². The number of anilines is 1. The van der Waals surface area contributed by atoms with E-state index in [1.807, 2.05) is 42.5 Å². The zero-order valence-electron chi connectivity index (χ0n) is 18.6. The summed E-state index contributed by atoms with van der Waals surface area (Å²) in [5, 5.41) is 2.20. The molecule has 8 heteroatoms. The lowest BCUT2D eigenvalue weighted by Gasteiger charge is -2.12. The number of halogens is 1. The number of carbonyl (C=O) groups excluding carboxylic acids is 1. The van der Waals surface area contributed by atoms with Crippen LogP contribution in [0, 0.1) is 6.92 Å². The Balaban J connectivity index is 1.59. The zero-order chi connectivity index (χ0) is 24.6. The van der Waals surface area contributed by atoms with Crippen molar-refractivity contribution in [3.8, 4) is 0 Å². The number of sulfonamides is 1. The molecule has 1 N–H and O–H groups in total. The largest absolute Gasteiger partial charge is 0.460 e. The molecule has 35 heavy (non-hydrogen) atoms. The summed E-state index contributed by atoms with van der Waals surface area (Å²) in [7, 11) is -3.92. The van der Waals surface area contributed by atoms with Crippen LogP contribution in [0.25, 0.3) is 21.7 Å². The first kappa shape index (κ1) is 23.0. The fourth-order valence-electron chi connectivity index (χ4n) is 3.99. The molecule has 0 saturated heterocycles. The molecule has 0 bridgehead atoms. The van der Waals surface area contributed by atoms with Crippen molar-refractivity contribution in [2.75, 3.05) is 4.72 Å². The van der Waals surface area contributed by atoms with E-state index in [2.05, 4.69) is 4.72 Å². The van der Waals surface area contributed by atoms with E-state index in [-0.39, 0.29) is 17.1 Å². The Bertz CT molecular complexity index is 1660. The number of rotatable bonds is 6. The maximum absolute atomic E-state index is 13.1. The topological polar surface area (TPSA) is 85.6 Å². The Morgan fingerprint density at radius 1 is 0.914 bits per heavy atom. The molecule has 5 rings (SSSR count). The third-order valence-corrected chi connectivity index (χ3v) is 7.29. The molecule has 0 radical (unpaired) electrons. The number of aryl methyl sites for hydroxylation is 1. The van der Waals surface area contributed by atoms with Crippen molar-refractivity contribution in [3.05, 3.63) is 107 Å². The molecule has 0 spiro atoms. The van der Waals surface area contributed by atoms with Crippen molar-refractivity contribution in [1.29, 1.82) is 0 Å². The summed E-state index contributed by atoms with van der Waals surface area (Å²) in [5.74, 6) is -0.159. The molecule has 1 heterocycles. The summed E-state index contributed by atoms with van der Waals surface area (Å²) in [4.78, 5) is 13.1. The monoisotopic (exact) mass is 505 g/mol. The predicted octanol–water partition coefficient (Wildman–Crippen LogP) is 6.71. The molecule has 1 aromatic heterocycles. The van der Waals surface area contributed by atoms with Gasteiger partial charge in [0.2, 0.25) is 0 Å². The van der Waals surface area contributed by atoms with Crippen LogP contribution >= 0.6 is 11.6 Å². The maximum Gasteiger partial charge on any atom is 0.342 e. The highest BCUT2D eigenvalue weighted by molar-refractivity contribution is 7.92. The predicted molar refractivity (Wildman–Crippen MR) is 136 cm³/mol. The lowest BCUT2D eigenvalue weighted by atomic mass is 10.0. The van der Waals surface area contributed by atoms with E-state index in [0.717, 1.165) is 5.56 Å². The number of benzene rings is 4. The Morgan fingerprint density at radius 3 is 2.29 bits per heavy atom. The molecule has 0 atom stereocenters. The minimum absolute atomic E-state index is 0.0666. The average molecular weight is 506 g/mol. The van der Waals surface area contributed by atoms with Crippen LogP contribution in [0.15, 0.2) is 94.2 Å². The number of nitrogens with one attached hydrogen (secondary N) is 1. The minimum Gasteiger partial charge on any atom is -0.460 e. The second-order valence-electron chi connectivity index (χ2n) is 8.00. The summed E-state index contributed by atoms with van der Waals surface area (Å²) in [6.07, 6.45) is 0. The fraction of sp³-hybridized carbons (Fsp3) is 0.0741. The molecular formula is C27H20ClNO5S. The van der Waals surface area contributed by atoms with Gasteiger partial charge in [-0.25, -0.2) is 13.2 Å². The normalized spacial score (nSPS) is 11.6. The van der Waals surface area contributed by atoms with Crippen LogP contribution < -0.4 is 4.72 Å². The highest BCUT2D eigenvalue weighted by atomic mass is 35.5.